The van der Waals surface area contributed by atoms with Crippen LogP contribution in [0.4, 0.5) is 0 Å². The van der Waals surface area contributed by atoms with Crippen molar-refractivity contribution in [2.75, 3.05) is 0 Å². The molecule has 106 valence electrons. The summed E-state index contributed by atoms with van der Waals surface area (Å²) >= 11 is 12.2. The van der Waals surface area contributed by atoms with Crippen LogP contribution in [0.1, 0.15) is 22.3 Å². The molecule has 0 saturated carbocycles. The van der Waals surface area contributed by atoms with E-state index >= 15 is 0 Å². The molecule has 0 spiro atoms. The molecule has 2 aromatic rings. The van der Waals surface area contributed by atoms with E-state index in [0.717, 1.165) is 23.4 Å². The van der Waals surface area contributed by atoms with E-state index in [9.17, 15) is 0 Å². The molecule has 2 N–H and O–H groups in total. The van der Waals surface area contributed by atoms with Crippen LogP contribution in [0.2, 0.25) is 10.0 Å². The van der Waals surface area contributed by atoms with Gasteiger partial charge in [0.1, 0.15) is 0 Å². The molecule has 0 amide bonds. The van der Waals surface area contributed by atoms with Gasteiger partial charge >= 0.3 is 0 Å². The minimum atomic E-state index is 0.0353. The fourth-order valence-electron chi connectivity index (χ4n) is 2.29. The summed E-state index contributed by atoms with van der Waals surface area (Å²) in [6.45, 7) is 4.24. The summed E-state index contributed by atoms with van der Waals surface area (Å²) in [4.78, 5) is 0. The molecule has 0 aliphatic carbocycles. The molecule has 0 fully saturated rings. The van der Waals surface area contributed by atoms with Crippen molar-refractivity contribution in [2.45, 2.75) is 32.7 Å². The van der Waals surface area contributed by atoms with Crippen LogP contribution in [0.15, 0.2) is 36.4 Å². The third kappa shape index (κ3) is 3.99. The molecule has 0 aliphatic rings. The summed E-state index contributed by atoms with van der Waals surface area (Å²) in [5.41, 5.74) is 11.1. The largest absolute Gasteiger partial charge is 0.327 e. The lowest BCUT2D eigenvalue weighted by Gasteiger charge is -2.14. The Labute approximate surface area is 130 Å². The molecule has 1 nitrogen and oxygen atoms in total. The third-order valence-electron chi connectivity index (χ3n) is 3.56. The van der Waals surface area contributed by atoms with E-state index in [1.807, 2.05) is 12.1 Å². The van der Waals surface area contributed by atoms with E-state index < -0.39 is 0 Å². The molecule has 0 aromatic heterocycles. The van der Waals surface area contributed by atoms with E-state index in [4.69, 9.17) is 28.9 Å². The normalized spacial score (nSPS) is 12.4. The zero-order valence-corrected chi connectivity index (χ0v) is 13.3. The molecule has 1 unspecified atom stereocenters. The minimum Gasteiger partial charge on any atom is -0.327 e. The van der Waals surface area contributed by atoms with Crippen LogP contribution in [0.25, 0.3) is 0 Å². The molecule has 20 heavy (non-hydrogen) atoms. The van der Waals surface area contributed by atoms with Gasteiger partial charge in [-0.15, -0.1) is 0 Å². The van der Waals surface area contributed by atoms with E-state index in [1.165, 1.54) is 16.7 Å². The van der Waals surface area contributed by atoms with Crippen LogP contribution in [-0.4, -0.2) is 6.04 Å². The molecule has 0 heterocycles. The van der Waals surface area contributed by atoms with E-state index in [1.54, 1.807) is 6.07 Å². The second kappa shape index (κ2) is 6.62. The summed E-state index contributed by atoms with van der Waals surface area (Å²) in [6, 6.07) is 12.0. The molecule has 1 atom stereocenters. The first kappa shape index (κ1) is 15.4. The van der Waals surface area contributed by atoms with Crippen molar-refractivity contribution < 1.29 is 0 Å². The van der Waals surface area contributed by atoms with Gasteiger partial charge in [0.2, 0.25) is 0 Å². The zero-order chi connectivity index (χ0) is 14.7. The standard InChI is InChI=1S/C17H19Cl2N/c1-11-3-4-13(7-12(11)2)8-16(20)10-14-9-15(18)5-6-17(14)19/h3-7,9,16H,8,10,20H2,1-2H3. The molecule has 2 aromatic carbocycles. The first-order valence-corrected chi connectivity index (χ1v) is 7.47. The Morgan fingerprint density at radius 1 is 0.950 bits per heavy atom. The second-order valence-electron chi connectivity index (χ2n) is 5.32. The predicted molar refractivity (Wildman–Crippen MR) is 87.8 cm³/mol. The van der Waals surface area contributed by atoms with Gasteiger partial charge in [0, 0.05) is 16.1 Å². The van der Waals surface area contributed by atoms with Gasteiger partial charge in [0.05, 0.1) is 0 Å². The van der Waals surface area contributed by atoms with Gasteiger partial charge in [-0.05, 0) is 67.1 Å². The van der Waals surface area contributed by atoms with Crippen LogP contribution in [-0.2, 0) is 12.8 Å². The Balaban J connectivity index is 2.06. The summed E-state index contributed by atoms with van der Waals surface area (Å²) < 4.78 is 0. The number of benzene rings is 2. The Morgan fingerprint density at radius 2 is 1.70 bits per heavy atom. The third-order valence-corrected chi connectivity index (χ3v) is 4.16. The lowest BCUT2D eigenvalue weighted by Crippen LogP contribution is -2.25. The van der Waals surface area contributed by atoms with Gasteiger partial charge in [-0.2, -0.15) is 0 Å². The van der Waals surface area contributed by atoms with Gasteiger partial charge in [0.25, 0.3) is 0 Å². The van der Waals surface area contributed by atoms with Gasteiger partial charge < -0.3 is 5.73 Å². The molecule has 0 saturated heterocycles. The number of rotatable bonds is 4. The van der Waals surface area contributed by atoms with Gasteiger partial charge in [-0.3, -0.25) is 0 Å². The smallest absolute Gasteiger partial charge is 0.0439 e. The van der Waals surface area contributed by atoms with E-state index in [-0.39, 0.29) is 6.04 Å². The van der Waals surface area contributed by atoms with Crippen LogP contribution in [0, 0.1) is 13.8 Å². The van der Waals surface area contributed by atoms with Crippen LogP contribution in [0.5, 0.6) is 0 Å². The minimum absolute atomic E-state index is 0.0353. The molecule has 3 heteroatoms. The number of aryl methyl sites for hydroxylation is 2. The number of halogens is 2. The molecular weight excluding hydrogens is 289 g/mol. The maximum atomic E-state index is 6.24. The lowest BCUT2D eigenvalue weighted by molar-refractivity contribution is 0.664. The number of hydrogen-bond donors (Lipinski definition) is 1. The Hall–Kier alpha value is -1.02. The van der Waals surface area contributed by atoms with E-state index in [0.29, 0.717) is 5.02 Å². The Morgan fingerprint density at radius 3 is 2.40 bits per heavy atom. The van der Waals surface area contributed by atoms with Gasteiger partial charge in [-0.25, -0.2) is 0 Å². The van der Waals surface area contributed by atoms with Crippen LogP contribution >= 0.6 is 23.2 Å². The first-order valence-electron chi connectivity index (χ1n) is 6.71. The predicted octanol–water partition coefficient (Wildman–Crippen LogP) is 4.72. The van der Waals surface area contributed by atoms with Crippen molar-refractivity contribution >= 4 is 23.2 Å². The summed E-state index contributed by atoms with van der Waals surface area (Å²) in [6.07, 6.45) is 1.57. The van der Waals surface area contributed by atoms with Crippen molar-refractivity contribution in [2.24, 2.45) is 5.73 Å². The van der Waals surface area contributed by atoms with Crippen molar-refractivity contribution in [3.63, 3.8) is 0 Å². The fraction of sp³-hybridized carbons (Fsp3) is 0.294. The lowest BCUT2D eigenvalue weighted by atomic mass is 9.97. The number of hydrogen-bond acceptors (Lipinski definition) is 1. The quantitative estimate of drug-likeness (QED) is 0.868. The maximum Gasteiger partial charge on any atom is 0.0439 e. The molecule has 2 rings (SSSR count). The highest BCUT2D eigenvalue weighted by Gasteiger charge is 2.09. The monoisotopic (exact) mass is 307 g/mol. The summed E-state index contributed by atoms with van der Waals surface area (Å²) in [5.74, 6) is 0. The average Bonchev–Trinajstić information content (AvgIpc) is 2.38. The highest BCUT2D eigenvalue weighted by atomic mass is 35.5. The van der Waals surface area contributed by atoms with E-state index in [2.05, 4.69) is 32.0 Å². The summed E-state index contributed by atoms with van der Waals surface area (Å²) in [7, 11) is 0. The second-order valence-corrected chi connectivity index (χ2v) is 6.17. The number of nitrogens with two attached hydrogens (primary N) is 1. The topological polar surface area (TPSA) is 26.0 Å². The fourth-order valence-corrected chi connectivity index (χ4v) is 2.68. The van der Waals surface area contributed by atoms with Crippen molar-refractivity contribution in [3.8, 4) is 0 Å². The van der Waals surface area contributed by atoms with Crippen molar-refractivity contribution in [1.29, 1.82) is 0 Å². The van der Waals surface area contributed by atoms with Gasteiger partial charge in [-0.1, -0.05) is 41.4 Å². The highest BCUT2D eigenvalue weighted by Crippen LogP contribution is 2.22. The zero-order valence-electron chi connectivity index (χ0n) is 11.8. The average molecular weight is 308 g/mol. The first-order chi connectivity index (χ1) is 9.45. The van der Waals surface area contributed by atoms with Crippen molar-refractivity contribution in [3.05, 3.63) is 68.7 Å². The summed E-state index contributed by atoms with van der Waals surface area (Å²) in [5, 5.41) is 1.42. The maximum absolute atomic E-state index is 6.24. The van der Waals surface area contributed by atoms with Crippen molar-refractivity contribution in [1.82, 2.24) is 0 Å². The SMILES string of the molecule is Cc1ccc(CC(N)Cc2cc(Cl)ccc2Cl)cc1C. The van der Waals surface area contributed by atoms with Crippen LogP contribution < -0.4 is 5.73 Å². The Kier molecular flexibility index (Phi) is 5.09. The Bertz CT molecular complexity index is 608. The van der Waals surface area contributed by atoms with Gasteiger partial charge in [0.15, 0.2) is 0 Å². The van der Waals surface area contributed by atoms with Crippen LogP contribution in [0.3, 0.4) is 0 Å². The molecule has 0 aliphatic heterocycles. The highest BCUT2D eigenvalue weighted by molar-refractivity contribution is 6.33. The molecule has 0 bridgehead atoms. The molecular formula is C17H19Cl2N. The molecule has 0 radical (unpaired) electrons.